The molecule has 1 aliphatic heterocycles. The third kappa shape index (κ3) is 4.39. The Morgan fingerprint density at radius 3 is 2.84 bits per heavy atom. The summed E-state index contributed by atoms with van der Waals surface area (Å²) >= 11 is 1.85. The number of amides is 2. The molecule has 156 valence electrons. The van der Waals surface area contributed by atoms with Crippen molar-refractivity contribution in [2.75, 3.05) is 23.3 Å². The molecule has 0 saturated heterocycles. The topological polar surface area (TPSA) is 57.3 Å². The Morgan fingerprint density at radius 2 is 1.94 bits per heavy atom. The highest BCUT2D eigenvalue weighted by atomic mass is 32.1. The van der Waals surface area contributed by atoms with Gasteiger partial charge in [0.05, 0.1) is 5.52 Å². The first-order chi connectivity index (χ1) is 15.3. The predicted molar refractivity (Wildman–Crippen MR) is 128 cm³/mol. The van der Waals surface area contributed by atoms with Crippen molar-refractivity contribution in [3.8, 4) is 0 Å². The van der Waals surface area contributed by atoms with Gasteiger partial charge in [0.2, 0.25) is 0 Å². The standard InChI is InChI=1S/C25H24N4OS/c30-25(27-14-10-19-4-1-3-18-5-2-13-26-24(18)19)28-21-6-8-22(9-7-21)29-15-11-23-20(17-29)12-16-31-23/h1-9,12-13,16H,10-11,14-15,17H2,(H2,27,28,30). The maximum absolute atomic E-state index is 12.3. The van der Waals surface area contributed by atoms with Gasteiger partial charge in [0.1, 0.15) is 0 Å². The lowest BCUT2D eigenvalue weighted by molar-refractivity contribution is 0.252. The molecule has 2 N–H and O–H groups in total. The van der Waals surface area contributed by atoms with Crippen molar-refractivity contribution in [1.29, 1.82) is 0 Å². The molecular formula is C25H24N4OS. The van der Waals surface area contributed by atoms with Crippen molar-refractivity contribution in [3.63, 3.8) is 0 Å². The SMILES string of the molecule is O=C(NCCc1cccc2cccnc12)Nc1ccc(N2CCc3sccc3C2)cc1. The normalized spacial score (nSPS) is 13.1. The minimum Gasteiger partial charge on any atom is -0.367 e. The van der Waals surface area contributed by atoms with Crippen LogP contribution in [0, 0.1) is 0 Å². The Kier molecular flexibility index (Phi) is 5.54. The summed E-state index contributed by atoms with van der Waals surface area (Å²) in [7, 11) is 0. The fraction of sp³-hybridized carbons (Fsp3) is 0.200. The molecule has 6 heteroatoms. The number of carbonyl (C=O) groups is 1. The number of benzene rings is 2. The molecule has 2 aromatic heterocycles. The molecule has 4 aromatic rings. The zero-order chi connectivity index (χ0) is 21.0. The van der Waals surface area contributed by atoms with Gasteiger partial charge in [-0.25, -0.2) is 4.79 Å². The number of anilines is 2. The maximum Gasteiger partial charge on any atom is 0.319 e. The molecule has 2 aromatic carbocycles. The second-order valence-electron chi connectivity index (χ2n) is 7.71. The molecular weight excluding hydrogens is 404 g/mol. The highest BCUT2D eigenvalue weighted by Gasteiger charge is 2.17. The third-order valence-electron chi connectivity index (χ3n) is 5.69. The molecule has 31 heavy (non-hydrogen) atoms. The van der Waals surface area contributed by atoms with E-state index in [-0.39, 0.29) is 6.03 Å². The zero-order valence-electron chi connectivity index (χ0n) is 17.2. The van der Waals surface area contributed by atoms with Crippen LogP contribution >= 0.6 is 11.3 Å². The fourth-order valence-corrected chi connectivity index (χ4v) is 4.97. The first-order valence-electron chi connectivity index (χ1n) is 10.5. The molecule has 0 saturated carbocycles. The minimum atomic E-state index is -0.193. The number of fused-ring (bicyclic) bond motifs is 2. The molecule has 0 bridgehead atoms. The number of aromatic nitrogens is 1. The van der Waals surface area contributed by atoms with Crippen LogP contribution in [0.5, 0.6) is 0 Å². The van der Waals surface area contributed by atoms with E-state index in [4.69, 9.17) is 0 Å². The van der Waals surface area contributed by atoms with Crippen LogP contribution in [0.3, 0.4) is 0 Å². The van der Waals surface area contributed by atoms with Crippen LogP contribution < -0.4 is 15.5 Å². The van der Waals surface area contributed by atoms with Gasteiger partial charge in [-0.15, -0.1) is 11.3 Å². The van der Waals surface area contributed by atoms with E-state index < -0.39 is 0 Å². The van der Waals surface area contributed by atoms with Gasteiger partial charge in [0, 0.05) is 47.5 Å². The Balaban J connectivity index is 1.14. The molecule has 3 heterocycles. The highest BCUT2D eigenvalue weighted by Crippen LogP contribution is 2.28. The lowest BCUT2D eigenvalue weighted by atomic mass is 10.1. The summed E-state index contributed by atoms with van der Waals surface area (Å²) in [4.78, 5) is 20.7. The summed E-state index contributed by atoms with van der Waals surface area (Å²) in [5.41, 5.74) is 5.54. The molecule has 0 spiro atoms. The molecule has 0 aliphatic carbocycles. The van der Waals surface area contributed by atoms with Crippen LogP contribution in [0.1, 0.15) is 16.0 Å². The van der Waals surface area contributed by atoms with Gasteiger partial charge in [-0.3, -0.25) is 4.98 Å². The van der Waals surface area contributed by atoms with Crippen molar-refractivity contribution < 1.29 is 4.79 Å². The highest BCUT2D eigenvalue weighted by molar-refractivity contribution is 7.10. The van der Waals surface area contributed by atoms with Crippen LogP contribution in [-0.2, 0) is 19.4 Å². The summed E-state index contributed by atoms with van der Waals surface area (Å²) in [5.74, 6) is 0. The summed E-state index contributed by atoms with van der Waals surface area (Å²) < 4.78 is 0. The summed E-state index contributed by atoms with van der Waals surface area (Å²) in [6.07, 6.45) is 3.64. The Bertz CT molecular complexity index is 1200. The van der Waals surface area contributed by atoms with E-state index in [1.54, 1.807) is 6.20 Å². The van der Waals surface area contributed by atoms with Crippen molar-refractivity contribution in [3.05, 3.63) is 88.2 Å². The van der Waals surface area contributed by atoms with Crippen LogP contribution in [0.4, 0.5) is 16.2 Å². The van der Waals surface area contributed by atoms with Crippen LogP contribution in [0.15, 0.2) is 72.2 Å². The second kappa shape index (κ2) is 8.78. The van der Waals surface area contributed by atoms with E-state index in [1.807, 2.05) is 35.6 Å². The largest absolute Gasteiger partial charge is 0.367 e. The Labute approximate surface area is 185 Å². The zero-order valence-corrected chi connectivity index (χ0v) is 18.0. The molecule has 0 unspecified atom stereocenters. The van der Waals surface area contributed by atoms with Gasteiger partial charge in [-0.05, 0) is 65.7 Å². The van der Waals surface area contributed by atoms with Crippen molar-refractivity contribution >= 4 is 39.6 Å². The first kappa shape index (κ1) is 19.6. The number of nitrogens with zero attached hydrogens (tertiary/aromatic N) is 2. The lowest BCUT2D eigenvalue weighted by Crippen LogP contribution is -2.31. The number of hydrogen-bond donors (Lipinski definition) is 2. The molecule has 0 fully saturated rings. The molecule has 5 rings (SSSR count). The second-order valence-corrected chi connectivity index (χ2v) is 8.71. The Morgan fingerprint density at radius 1 is 1.06 bits per heavy atom. The van der Waals surface area contributed by atoms with E-state index in [2.05, 4.69) is 62.3 Å². The number of thiophene rings is 1. The van der Waals surface area contributed by atoms with Gasteiger partial charge >= 0.3 is 6.03 Å². The maximum atomic E-state index is 12.3. The van der Waals surface area contributed by atoms with E-state index in [1.165, 1.54) is 16.1 Å². The summed E-state index contributed by atoms with van der Waals surface area (Å²) in [5, 5.41) is 9.16. The van der Waals surface area contributed by atoms with Gasteiger partial charge in [0.15, 0.2) is 0 Å². The number of hydrogen-bond acceptors (Lipinski definition) is 4. The van der Waals surface area contributed by atoms with Crippen molar-refractivity contribution in [1.82, 2.24) is 10.3 Å². The molecule has 0 atom stereocenters. The molecule has 5 nitrogen and oxygen atoms in total. The number of pyridine rings is 1. The van der Waals surface area contributed by atoms with Crippen molar-refractivity contribution in [2.45, 2.75) is 19.4 Å². The molecule has 2 amide bonds. The van der Waals surface area contributed by atoms with Crippen LogP contribution in [0.25, 0.3) is 10.9 Å². The first-order valence-corrected chi connectivity index (χ1v) is 11.4. The van der Waals surface area contributed by atoms with E-state index in [0.29, 0.717) is 6.54 Å². The quantitative estimate of drug-likeness (QED) is 0.458. The predicted octanol–water partition coefficient (Wildman–Crippen LogP) is 5.22. The summed E-state index contributed by atoms with van der Waals surface area (Å²) in [6.45, 7) is 2.54. The molecule has 0 radical (unpaired) electrons. The summed E-state index contributed by atoms with van der Waals surface area (Å²) in [6, 6.07) is 20.3. The van der Waals surface area contributed by atoms with E-state index >= 15 is 0 Å². The van der Waals surface area contributed by atoms with Crippen LogP contribution in [0.2, 0.25) is 0 Å². The van der Waals surface area contributed by atoms with Gasteiger partial charge in [-0.2, -0.15) is 0 Å². The number of para-hydroxylation sites is 1. The lowest BCUT2D eigenvalue weighted by Gasteiger charge is -2.29. The monoisotopic (exact) mass is 428 g/mol. The van der Waals surface area contributed by atoms with Gasteiger partial charge in [0.25, 0.3) is 0 Å². The number of carbonyl (C=O) groups excluding carboxylic acids is 1. The number of rotatable bonds is 5. The average Bonchev–Trinajstić information content (AvgIpc) is 3.28. The van der Waals surface area contributed by atoms with Gasteiger partial charge < -0.3 is 15.5 Å². The van der Waals surface area contributed by atoms with E-state index in [0.717, 1.165) is 48.1 Å². The minimum absolute atomic E-state index is 0.193. The average molecular weight is 429 g/mol. The van der Waals surface area contributed by atoms with E-state index in [9.17, 15) is 4.79 Å². The smallest absolute Gasteiger partial charge is 0.319 e. The van der Waals surface area contributed by atoms with Crippen LogP contribution in [-0.4, -0.2) is 24.1 Å². The van der Waals surface area contributed by atoms with Gasteiger partial charge in [-0.1, -0.05) is 24.3 Å². The number of nitrogens with one attached hydrogen (secondary N) is 2. The molecule has 1 aliphatic rings. The third-order valence-corrected chi connectivity index (χ3v) is 6.72. The fourth-order valence-electron chi connectivity index (χ4n) is 4.08. The number of urea groups is 1. The van der Waals surface area contributed by atoms with Crippen molar-refractivity contribution in [2.24, 2.45) is 0 Å². The Hall–Kier alpha value is -3.38.